The summed E-state index contributed by atoms with van der Waals surface area (Å²) in [6, 6.07) is 18.1. The standard InChI is InChI=1S/C27H22F2N4O3/c1-16-23(26-31-25(32-36-26)19-5-11-21(29)12-6-19)24(18-7-13-22(35-2)14-8-18)30-27(34)33(16)15-17-3-9-20(28)10-4-17/h3-14,24H,15H2,1-2H3,(H,30,34). The second-order valence-corrected chi connectivity index (χ2v) is 8.30. The number of nitrogens with one attached hydrogen (secondary N) is 1. The molecule has 182 valence electrons. The van der Waals surface area contributed by atoms with Crippen molar-refractivity contribution < 1.29 is 22.8 Å². The molecule has 7 nitrogen and oxygen atoms in total. The Morgan fingerprint density at radius 3 is 2.25 bits per heavy atom. The first kappa shape index (κ1) is 23.2. The van der Waals surface area contributed by atoms with Gasteiger partial charge in [0.1, 0.15) is 17.4 Å². The summed E-state index contributed by atoms with van der Waals surface area (Å²) in [6.45, 7) is 2.02. The van der Waals surface area contributed by atoms with Gasteiger partial charge in [-0.3, -0.25) is 4.90 Å². The molecule has 2 amide bonds. The zero-order valence-electron chi connectivity index (χ0n) is 19.5. The Labute approximate surface area is 206 Å². The number of benzene rings is 3. The predicted molar refractivity (Wildman–Crippen MR) is 128 cm³/mol. The molecule has 1 aliphatic heterocycles. The van der Waals surface area contributed by atoms with Crippen LogP contribution in [-0.2, 0) is 6.54 Å². The molecule has 1 N–H and O–H groups in total. The summed E-state index contributed by atoms with van der Waals surface area (Å²) >= 11 is 0. The molecule has 0 aliphatic carbocycles. The number of amides is 2. The van der Waals surface area contributed by atoms with Crippen molar-refractivity contribution in [3.05, 3.63) is 107 Å². The lowest BCUT2D eigenvalue weighted by Crippen LogP contribution is -2.45. The normalized spacial score (nSPS) is 15.7. The van der Waals surface area contributed by atoms with Crippen molar-refractivity contribution in [3.63, 3.8) is 0 Å². The van der Waals surface area contributed by atoms with E-state index in [9.17, 15) is 13.6 Å². The Hall–Kier alpha value is -4.53. The van der Waals surface area contributed by atoms with Crippen LogP contribution in [0.1, 0.15) is 30.0 Å². The van der Waals surface area contributed by atoms with Crippen molar-refractivity contribution >= 4 is 11.6 Å². The van der Waals surface area contributed by atoms with Gasteiger partial charge in [-0.1, -0.05) is 29.4 Å². The highest BCUT2D eigenvalue weighted by molar-refractivity contribution is 5.86. The number of nitrogens with zero attached hydrogens (tertiary/aromatic N) is 3. The molecule has 5 rings (SSSR count). The van der Waals surface area contributed by atoms with Gasteiger partial charge in [-0.25, -0.2) is 13.6 Å². The maximum absolute atomic E-state index is 13.4. The molecule has 1 unspecified atom stereocenters. The van der Waals surface area contributed by atoms with Crippen LogP contribution in [0.3, 0.4) is 0 Å². The third-order valence-electron chi connectivity index (χ3n) is 6.06. The Morgan fingerprint density at radius 1 is 0.972 bits per heavy atom. The Bertz CT molecular complexity index is 1410. The number of allylic oxidation sites excluding steroid dienone is 1. The smallest absolute Gasteiger partial charge is 0.322 e. The SMILES string of the molecule is COc1ccc(C2NC(=O)N(Cc3ccc(F)cc3)C(C)=C2c2nc(-c3ccc(F)cc3)no2)cc1. The molecule has 3 aromatic carbocycles. The highest BCUT2D eigenvalue weighted by Gasteiger charge is 2.35. The third kappa shape index (κ3) is 4.55. The van der Waals surface area contributed by atoms with Crippen molar-refractivity contribution in [2.24, 2.45) is 0 Å². The Morgan fingerprint density at radius 2 is 1.61 bits per heavy atom. The van der Waals surface area contributed by atoms with Crippen molar-refractivity contribution in [2.45, 2.75) is 19.5 Å². The molecule has 2 heterocycles. The Kier molecular flexibility index (Phi) is 6.20. The average molecular weight is 488 g/mol. The summed E-state index contributed by atoms with van der Waals surface area (Å²) in [6.07, 6.45) is 0. The van der Waals surface area contributed by atoms with Crippen LogP contribution in [0, 0.1) is 11.6 Å². The number of rotatable bonds is 6. The number of carbonyl (C=O) groups is 1. The molecule has 1 aromatic heterocycles. The zero-order chi connectivity index (χ0) is 25.2. The fourth-order valence-corrected chi connectivity index (χ4v) is 4.12. The van der Waals surface area contributed by atoms with Crippen LogP contribution in [0.2, 0.25) is 0 Å². The third-order valence-corrected chi connectivity index (χ3v) is 6.06. The van der Waals surface area contributed by atoms with E-state index in [-0.39, 0.29) is 30.1 Å². The predicted octanol–water partition coefficient (Wildman–Crippen LogP) is 5.72. The van der Waals surface area contributed by atoms with E-state index in [1.165, 1.54) is 24.3 Å². The van der Waals surface area contributed by atoms with Crippen LogP contribution < -0.4 is 10.1 Å². The lowest BCUT2D eigenvalue weighted by atomic mass is 9.94. The van der Waals surface area contributed by atoms with Crippen LogP contribution in [0.4, 0.5) is 13.6 Å². The first-order chi connectivity index (χ1) is 17.4. The maximum Gasteiger partial charge on any atom is 0.322 e. The van der Waals surface area contributed by atoms with Gasteiger partial charge in [-0.15, -0.1) is 0 Å². The second-order valence-electron chi connectivity index (χ2n) is 8.30. The number of urea groups is 1. The number of halogens is 2. The Balaban J connectivity index is 1.58. The molecule has 9 heteroatoms. The largest absolute Gasteiger partial charge is 0.497 e. The van der Waals surface area contributed by atoms with Gasteiger partial charge in [0.25, 0.3) is 5.89 Å². The molecule has 0 saturated carbocycles. The second kappa shape index (κ2) is 9.61. The van der Waals surface area contributed by atoms with Crippen molar-refractivity contribution in [1.82, 2.24) is 20.4 Å². The van der Waals surface area contributed by atoms with Crippen LogP contribution in [-0.4, -0.2) is 28.2 Å². The van der Waals surface area contributed by atoms with Gasteiger partial charge >= 0.3 is 6.03 Å². The number of aromatic nitrogens is 2. The summed E-state index contributed by atoms with van der Waals surface area (Å²) in [5, 5.41) is 7.11. The minimum atomic E-state index is -0.575. The number of carbonyl (C=O) groups excluding carboxylic acids is 1. The van der Waals surface area contributed by atoms with Gasteiger partial charge in [0.05, 0.1) is 25.3 Å². The highest BCUT2D eigenvalue weighted by Crippen LogP contribution is 2.38. The quantitative estimate of drug-likeness (QED) is 0.375. The minimum Gasteiger partial charge on any atom is -0.497 e. The fraction of sp³-hybridized carbons (Fsp3) is 0.148. The number of hydrogen-bond acceptors (Lipinski definition) is 5. The topological polar surface area (TPSA) is 80.5 Å². The van der Waals surface area contributed by atoms with Gasteiger partial charge in [0, 0.05) is 11.3 Å². The fourth-order valence-electron chi connectivity index (χ4n) is 4.12. The lowest BCUT2D eigenvalue weighted by molar-refractivity contribution is 0.203. The number of methoxy groups -OCH3 is 1. The summed E-state index contributed by atoms with van der Waals surface area (Å²) in [5.41, 5.74) is 3.36. The van der Waals surface area contributed by atoms with Crippen LogP contribution in [0.25, 0.3) is 17.0 Å². The van der Waals surface area contributed by atoms with E-state index in [2.05, 4.69) is 15.5 Å². The van der Waals surface area contributed by atoms with Gasteiger partial charge in [-0.2, -0.15) is 4.98 Å². The number of ether oxygens (including phenoxy) is 1. The molecular formula is C27H22F2N4O3. The van der Waals surface area contributed by atoms with Gasteiger partial charge < -0.3 is 14.6 Å². The van der Waals surface area contributed by atoms with Crippen LogP contribution >= 0.6 is 0 Å². The molecule has 0 radical (unpaired) electrons. The first-order valence-corrected chi connectivity index (χ1v) is 11.2. The molecule has 1 aliphatic rings. The van der Waals surface area contributed by atoms with Gasteiger partial charge in [0.15, 0.2) is 0 Å². The van der Waals surface area contributed by atoms with E-state index in [4.69, 9.17) is 9.26 Å². The first-order valence-electron chi connectivity index (χ1n) is 11.2. The zero-order valence-corrected chi connectivity index (χ0v) is 19.5. The average Bonchev–Trinajstić information content (AvgIpc) is 3.37. The van der Waals surface area contributed by atoms with Crippen molar-refractivity contribution in [2.75, 3.05) is 7.11 Å². The summed E-state index contributed by atoms with van der Waals surface area (Å²) < 4.78 is 37.7. The van der Waals surface area contributed by atoms with Crippen molar-refractivity contribution in [3.8, 4) is 17.1 Å². The number of hydrogen-bond donors (Lipinski definition) is 1. The van der Waals surface area contributed by atoms with E-state index < -0.39 is 6.04 Å². The van der Waals surface area contributed by atoms with E-state index in [1.54, 1.807) is 55.3 Å². The molecule has 0 bridgehead atoms. The van der Waals surface area contributed by atoms with E-state index >= 15 is 0 Å². The monoisotopic (exact) mass is 488 g/mol. The van der Waals surface area contributed by atoms with Crippen molar-refractivity contribution in [1.29, 1.82) is 0 Å². The van der Waals surface area contributed by atoms with E-state index in [1.807, 2.05) is 12.1 Å². The summed E-state index contributed by atoms with van der Waals surface area (Å²) in [4.78, 5) is 19.3. The highest BCUT2D eigenvalue weighted by atomic mass is 19.1. The summed E-state index contributed by atoms with van der Waals surface area (Å²) in [7, 11) is 1.58. The maximum atomic E-state index is 13.4. The molecule has 0 fully saturated rings. The summed E-state index contributed by atoms with van der Waals surface area (Å²) in [5.74, 6) is 0.468. The molecule has 1 atom stereocenters. The molecule has 36 heavy (non-hydrogen) atoms. The van der Waals surface area contributed by atoms with E-state index in [0.29, 0.717) is 28.4 Å². The van der Waals surface area contributed by atoms with Crippen LogP contribution in [0.15, 0.2) is 83.0 Å². The molecule has 0 spiro atoms. The molecule has 4 aromatic rings. The molecule has 0 saturated heterocycles. The van der Waals surface area contributed by atoms with Crippen LogP contribution in [0.5, 0.6) is 5.75 Å². The van der Waals surface area contributed by atoms with E-state index in [0.717, 1.165) is 11.1 Å². The van der Waals surface area contributed by atoms with Gasteiger partial charge in [0.2, 0.25) is 5.82 Å². The molecular weight excluding hydrogens is 466 g/mol. The minimum absolute atomic E-state index is 0.218. The lowest BCUT2D eigenvalue weighted by Gasteiger charge is -2.35. The van der Waals surface area contributed by atoms with Gasteiger partial charge in [-0.05, 0) is 66.6 Å².